The van der Waals surface area contributed by atoms with Gasteiger partial charge in [-0.3, -0.25) is 6.79 Å². The summed E-state index contributed by atoms with van der Waals surface area (Å²) in [6.07, 6.45) is 4.89. The molecule has 0 aliphatic rings. The molecule has 0 atom stereocenters. The van der Waals surface area contributed by atoms with Crippen molar-refractivity contribution >= 4 is 6.79 Å². The summed E-state index contributed by atoms with van der Waals surface area (Å²) in [5, 5.41) is 0. The minimum Gasteiger partial charge on any atom is -0.545 e. The van der Waals surface area contributed by atoms with E-state index in [0.29, 0.717) is 0 Å². The Bertz CT molecular complexity index is 34.2. The van der Waals surface area contributed by atoms with E-state index in [1.165, 1.54) is 19.3 Å². The minimum absolute atomic E-state index is 0. The summed E-state index contributed by atoms with van der Waals surface area (Å²) in [7, 11) is 0. The molecule has 0 unspecified atom stereocenters. The molecule has 0 aromatic carbocycles. The Balaban J connectivity index is -0.00000000534. The second-order valence-electron chi connectivity index (χ2n) is 2.21. The van der Waals surface area contributed by atoms with E-state index in [4.69, 9.17) is 4.79 Å². The van der Waals surface area contributed by atoms with Crippen LogP contribution in [0.15, 0.2) is 0 Å². The largest absolute Gasteiger partial charge is 0.545 e. The van der Waals surface area contributed by atoms with E-state index in [0.717, 1.165) is 6.42 Å². The Morgan fingerprint density at radius 3 is 0.750 bits per heavy atom. The molecule has 0 aromatic rings. The van der Waals surface area contributed by atoms with E-state index < -0.39 is 0 Å². The van der Waals surface area contributed by atoms with Gasteiger partial charge in [0, 0.05) is 65.4 Å². The summed E-state index contributed by atoms with van der Waals surface area (Å²) in [4.78, 5) is 7.75. The van der Waals surface area contributed by atoms with Gasteiger partial charge in [0.1, 0.15) is 0 Å². The van der Waals surface area contributed by atoms with Crippen LogP contribution in [0.4, 0.5) is 0 Å². The predicted molar refractivity (Wildman–Crippen MR) is 96.9 cm³/mol. The first-order chi connectivity index (χ1) is 6.74. The van der Waals surface area contributed by atoms with Crippen molar-refractivity contribution in [2.24, 2.45) is 0 Å². The topological polar surface area (TPSA) is 17.1 Å². The van der Waals surface area contributed by atoms with Crippen molar-refractivity contribution in [2.75, 3.05) is 0 Å². The Morgan fingerprint density at radius 2 is 0.750 bits per heavy atom. The van der Waals surface area contributed by atoms with Gasteiger partial charge in [0.2, 0.25) is 0 Å². The van der Waals surface area contributed by atoms with Crippen LogP contribution in [0.25, 0.3) is 0 Å². The summed E-state index contributed by atoms with van der Waals surface area (Å²) in [6.45, 7) is 22.4. The molecule has 0 aromatic heterocycles. The summed E-state index contributed by atoms with van der Waals surface area (Å²) in [6, 6.07) is 0. The van der Waals surface area contributed by atoms with Gasteiger partial charge in [-0.1, -0.05) is 83.6 Å². The van der Waals surface area contributed by atoms with Gasteiger partial charge < -0.3 is 18.6 Å². The van der Waals surface area contributed by atoms with Crippen molar-refractivity contribution in [2.45, 2.75) is 96.9 Å². The van der Waals surface area contributed by atoms with Crippen LogP contribution in [0.3, 0.4) is 0 Å². The molecule has 20 heavy (non-hydrogen) atoms. The van der Waals surface area contributed by atoms with Crippen LogP contribution < -0.4 is 0 Å². The number of hydrogen-bond donors (Lipinski definition) is 0. The van der Waals surface area contributed by atoms with Crippen molar-refractivity contribution in [3.8, 4) is 0 Å². The smallest absolute Gasteiger partial charge is 0 e. The molecule has 130 valence electrons. The van der Waals surface area contributed by atoms with Gasteiger partial charge in [-0.15, -0.1) is 0 Å². The van der Waals surface area contributed by atoms with Crippen LogP contribution in [-0.4, -0.2) is 6.79 Å². The third kappa shape index (κ3) is 855. The van der Waals surface area contributed by atoms with Crippen molar-refractivity contribution in [3.05, 3.63) is 13.8 Å². The second-order valence-corrected chi connectivity index (χ2v) is 2.21. The average Bonchev–Trinajstić information content (AvgIpc) is 2.26. The summed E-state index contributed by atoms with van der Waals surface area (Å²) >= 11 is 0. The molecule has 0 spiro atoms. The fraction of sp³-hybridized carbons (Fsp3) is 0.824. The standard InChI is InChI=1S/C4H10.C3H8.C3H7.C2H5.CHO.4CH4.2Y/c1-3-4-2;2*1-3-2;2*1-2;;;;;;/h3-4H2,1-2H3;3H2,1-2H3;1,3H2,2H3;1H2,2H3;1H;4*1H4;;/q;;3*-1;;;;;;. The van der Waals surface area contributed by atoms with Crippen LogP contribution in [0.2, 0.25) is 0 Å². The molecule has 0 heterocycles. The average molecular weight is 445 g/mol. The first kappa shape index (κ1) is 80.6. The maximum atomic E-state index is 7.75. The molecule has 0 fully saturated rings. The zero-order valence-electron chi connectivity index (χ0n) is 12.4. The molecule has 0 rings (SSSR count). The van der Waals surface area contributed by atoms with E-state index in [1.807, 2.05) is 6.92 Å². The maximum absolute atomic E-state index is 7.75. The first-order valence-corrected chi connectivity index (χ1v) is 5.48. The fourth-order valence-corrected chi connectivity index (χ4v) is 0. The van der Waals surface area contributed by atoms with Crippen LogP contribution in [0.5, 0.6) is 0 Å². The van der Waals surface area contributed by atoms with Crippen molar-refractivity contribution in [1.82, 2.24) is 0 Å². The van der Waals surface area contributed by atoms with Gasteiger partial charge in [0.25, 0.3) is 0 Å². The van der Waals surface area contributed by atoms with E-state index in [2.05, 4.69) is 48.3 Å². The van der Waals surface area contributed by atoms with Crippen molar-refractivity contribution < 1.29 is 70.2 Å². The zero-order chi connectivity index (χ0) is 12.8. The van der Waals surface area contributed by atoms with Gasteiger partial charge in [-0.25, -0.2) is 0 Å². The van der Waals surface area contributed by atoms with E-state index >= 15 is 0 Å². The molecule has 0 amide bonds. The molecule has 3 heteroatoms. The molecule has 0 aliphatic carbocycles. The SMILES string of the molecule is C.C.C.C.CCC.CCCC.[CH-]=O.[CH2-]C.[CH2-]CC.[Y].[Y]. The van der Waals surface area contributed by atoms with E-state index in [1.54, 1.807) is 6.92 Å². The third-order valence-corrected chi connectivity index (χ3v) is 0.500. The Labute approximate surface area is 186 Å². The molecule has 0 bridgehead atoms. The maximum Gasteiger partial charge on any atom is 0 e. The van der Waals surface area contributed by atoms with E-state index in [9.17, 15) is 0 Å². The Morgan fingerprint density at radius 1 is 0.700 bits per heavy atom. The quantitative estimate of drug-likeness (QED) is 0.301. The minimum atomic E-state index is 0. The number of rotatable bonds is 1. The zero-order valence-corrected chi connectivity index (χ0v) is 18.1. The second kappa shape index (κ2) is 239. The molecule has 2 radical (unpaired) electrons. The number of hydrogen-bond acceptors (Lipinski definition) is 1. The Kier molecular flexibility index (Phi) is 962. The van der Waals surface area contributed by atoms with Crippen molar-refractivity contribution in [3.63, 3.8) is 0 Å². The van der Waals surface area contributed by atoms with Crippen LogP contribution in [0.1, 0.15) is 96.9 Å². The van der Waals surface area contributed by atoms with Crippen LogP contribution >= 0.6 is 0 Å². The summed E-state index contributed by atoms with van der Waals surface area (Å²) in [5.74, 6) is 0. The predicted octanol–water partition coefficient (Wildman–Crippen LogP) is 7.56. The van der Waals surface area contributed by atoms with Gasteiger partial charge >= 0.3 is 0 Å². The van der Waals surface area contributed by atoms with Gasteiger partial charge in [0.05, 0.1) is 0 Å². The summed E-state index contributed by atoms with van der Waals surface area (Å²) in [5.41, 5.74) is 0. The number of unbranched alkanes of at least 4 members (excludes halogenated alkanes) is 1. The molecule has 0 aliphatic heterocycles. The fourth-order valence-electron chi connectivity index (χ4n) is 0. The molecule has 1 nitrogen and oxygen atoms in total. The first-order valence-electron chi connectivity index (χ1n) is 5.48. The van der Waals surface area contributed by atoms with Crippen molar-refractivity contribution in [1.29, 1.82) is 0 Å². The van der Waals surface area contributed by atoms with Gasteiger partial charge in [0.15, 0.2) is 0 Å². The third-order valence-electron chi connectivity index (χ3n) is 0.500. The normalized spacial score (nSPS) is 3.80. The summed E-state index contributed by atoms with van der Waals surface area (Å²) < 4.78 is 0. The monoisotopic (exact) mass is 445 g/mol. The molecule has 0 saturated heterocycles. The molecular formula is C17H47OY2-3. The van der Waals surface area contributed by atoms with Gasteiger partial charge in [-0.05, 0) is 0 Å². The van der Waals surface area contributed by atoms with E-state index in [-0.39, 0.29) is 95.1 Å². The van der Waals surface area contributed by atoms with Crippen LogP contribution in [0, 0.1) is 13.8 Å². The van der Waals surface area contributed by atoms with Crippen LogP contribution in [-0.2, 0) is 70.2 Å². The molecule has 0 saturated carbocycles. The molecule has 0 N–H and O–H groups in total. The number of carbonyl (C=O) groups excluding carboxylic acids is 1. The molecular weight excluding hydrogens is 398 g/mol. The Hall–Kier alpha value is 1.88. The van der Waals surface area contributed by atoms with Gasteiger partial charge in [-0.2, -0.15) is 13.3 Å².